The van der Waals surface area contributed by atoms with Gasteiger partial charge in [0.25, 0.3) is 0 Å². The first-order valence-corrected chi connectivity index (χ1v) is 7.83. The molecule has 0 amide bonds. The number of nitrogens with zero attached hydrogens (tertiary/aromatic N) is 1. The molecule has 2 rings (SSSR count). The molecule has 18 heavy (non-hydrogen) atoms. The molecular formula is C13H14BrClN2S. The lowest BCUT2D eigenvalue weighted by molar-refractivity contribution is 0.635. The lowest BCUT2D eigenvalue weighted by Crippen LogP contribution is -2.09. The third-order valence-corrected chi connectivity index (χ3v) is 4.43. The maximum absolute atomic E-state index is 6.22. The van der Waals surface area contributed by atoms with Crippen LogP contribution in [0.5, 0.6) is 0 Å². The fraction of sp³-hybridized carbons (Fsp3) is 0.308. The number of aromatic nitrogens is 1. The first-order chi connectivity index (χ1) is 8.61. The van der Waals surface area contributed by atoms with Crippen molar-refractivity contribution in [2.24, 2.45) is 5.73 Å². The van der Waals surface area contributed by atoms with Crippen LogP contribution in [0, 0.1) is 0 Å². The summed E-state index contributed by atoms with van der Waals surface area (Å²) in [5.74, 6) is 0. The number of hydrogen-bond donors (Lipinski definition) is 1. The molecule has 96 valence electrons. The van der Waals surface area contributed by atoms with Crippen molar-refractivity contribution in [1.29, 1.82) is 0 Å². The number of halogens is 2. The average molecular weight is 346 g/mol. The Morgan fingerprint density at radius 3 is 2.94 bits per heavy atom. The fourth-order valence-electron chi connectivity index (χ4n) is 1.71. The van der Waals surface area contributed by atoms with Gasteiger partial charge in [-0.05, 0) is 18.6 Å². The molecule has 0 aliphatic heterocycles. The highest BCUT2D eigenvalue weighted by atomic mass is 79.9. The van der Waals surface area contributed by atoms with Gasteiger partial charge < -0.3 is 5.73 Å². The molecule has 0 aliphatic rings. The van der Waals surface area contributed by atoms with E-state index in [9.17, 15) is 0 Å². The van der Waals surface area contributed by atoms with Crippen molar-refractivity contribution in [2.75, 3.05) is 0 Å². The zero-order valence-electron chi connectivity index (χ0n) is 9.99. The molecule has 0 fully saturated rings. The highest BCUT2D eigenvalue weighted by Crippen LogP contribution is 2.32. The molecule has 0 bridgehead atoms. The fourth-order valence-corrected chi connectivity index (χ4v) is 3.34. The normalized spacial score (nSPS) is 12.7. The quantitative estimate of drug-likeness (QED) is 0.844. The highest BCUT2D eigenvalue weighted by molar-refractivity contribution is 9.10. The lowest BCUT2D eigenvalue weighted by Gasteiger charge is -2.05. The molecule has 2 N–H and O–H groups in total. The predicted molar refractivity (Wildman–Crippen MR) is 82.1 cm³/mol. The van der Waals surface area contributed by atoms with Crippen LogP contribution in [0.2, 0.25) is 5.02 Å². The van der Waals surface area contributed by atoms with E-state index >= 15 is 0 Å². The Morgan fingerprint density at radius 1 is 1.50 bits per heavy atom. The molecular weight excluding hydrogens is 332 g/mol. The van der Waals surface area contributed by atoms with Gasteiger partial charge in [0.2, 0.25) is 0 Å². The molecule has 1 atom stereocenters. The van der Waals surface area contributed by atoms with E-state index in [1.165, 1.54) is 0 Å². The van der Waals surface area contributed by atoms with Crippen molar-refractivity contribution in [3.8, 4) is 11.3 Å². The first kappa shape index (κ1) is 14.0. The number of benzene rings is 1. The van der Waals surface area contributed by atoms with Gasteiger partial charge in [0.15, 0.2) is 0 Å². The van der Waals surface area contributed by atoms with Crippen LogP contribution in [0.4, 0.5) is 0 Å². The van der Waals surface area contributed by atoms with Gasteiger partial charge in [-0.2, -0.15) is 0 Å². The largest absolute Gasteiger partial charge is 0.322 e. The Balaban J connectivity index is 2.29. The summed E-state index contributed by atoms with van der Waals surface area (Å²) in [6.45, 7) is 2.12. The Bertz CT molecular complexity index is 542. The smallest absolute Gasteiger partial charge is 0.110 e. The summed E-state index contributed by atoms with van der Waals surface area (Å²) in [5, 5.41) is 3.69. The van der Waals surface area contributed by atoms with Crippen LogP contribution >= 0.6 is 38.9 Å². The third kappa shape index (κ3) is 3.12. The van der Waals surface area contributed by atoms with Crippen molar-refractivity contribution < 1.29 is 0 Å². The summed E-state index contributed by atoms with van der Waals surface area (Å²) in [7, 11) is 0. The maximum Gasteiger partial charge on any atom is 0.110 e. The molecule has 1 aromatic carbocycles. The van der Waals surface area contributed by atoms with Crippen molar-refractivity contribution in [3.63, 3.8) is 0 Å². The monoisotopic (exact) mass is 344 g/mol. The van der Waals surface area contributed by atoms with Crippen LogP contribution in [0.25, 0.3) is 11.3 Å². The second kappa shape index (κ2) is 6.15. The Labute approximate surface area is 124 Å². The van der Waals surface area contributed by atoms with E-state index in [1.54, 1.807) is 11.3 Å². The molecule has 0 radical (unpaired) electrons. The average Bonchev–Trinajstić information content (AvgIpc) is 2.78. The first-order valence-electron chi connectivity index (χ1n) is 5.78. The van der Waals surface area contributed by atoms with Gasteiger partial charge in [0.1, 0.15) is 5.01 Å². The molecule has 0 aliphatic carbocycles. The van der Waals surface area contributed by atoms with Crippen LogP contribution in [0.3, 0.4) is 0 Å². The molecule has 0 saturated heterocycles. The van der Waals surface area contributed by atoms with E-state index in [0.717, 1.165) is 33.6 Å². The van der Waals surface area contributed by atoms with E-state index in [4.69, 9.17) is 17.3 Å². The molecule has 2 nitrogen and oxygen atoms in total. The molecule has 0 spiro atoms. The Morgan fingerprint density at radius 2 is 2.28 bits per heavy atom. The van der Waals surface area contributed by atoms with E-state index < -0.39 is 0 Å². The van der Waals surface area contributed by atoms with Gasteiger partial charge in [0.05, 0.1) is 16.8 Å². The molecule has 2 aromatic rings. The maximum atomic E-state index is 6.22. The van der Waals surface area contributed by atoms with Crippen molar-refractivity contribution in [3.05, 3.63) is 38.1 Å². The molecule has 0 saturated carbocycles. The van der Waals surface area contributed by atoms with Gasteiger partial charge in [-0.15, -0.1) is 11.3 Å². The third-order valence-electron chi connectivity index (χ3n) is 2.65. The second-order valence-electron chi connectivity index (χ2n) is 4.09. The summed E-state index contributed by atoms with van der Waals surface area (Å²) in [4.78, 5) is 4.58. The van der Waals surface area contributed by atoms with E-state index in [2.05, 4.69) is 27.8 Å². The van der Waals surface area contributed by atoms with Gasteiger partial charge >= 0.3 is 0 Å². The van der Waals surface area contributed by atoms with E-state index in [1.807, 2.05) is 23.6 Å². The van der Waals surface area contributed by atoms with Gasteiger partial charge in [-0.1, -0.05) is 46.9 Å². The van der Waals surface area contributed by atoms with Gasteiger partial charge in [-0.25, -0.2) is 4.98 Å². The van der Waals surface area contributed by atoms with Crippen LogP contribution in [0.15, 0.2) is 28.1 Å². The van der Waals surface area contributed by atoms with E-state index in [0.29, 0.717) is 5.02 Å². The summed E-state index contributed by atoms with van der Waals surface area (Å²) in [5.41, 5.74) is 7.92. The van der Waals surface area contributed by atoms with E-state index in [-0.39, 0.29) is 6.04 Å². The summed E-state index contributed by atoms with van der Waals surface area (Å²) < 4.78 is 0.967. The lowest BCUT2D eigenvalue weighted by atomic mass is 10.1. The van der Waals surface area contributed by atoms with Crippen LogP contribution in [0.1, 0.15) is 30.8 Å². The topological polar surface area (TPSA) is 38.9 Å². The molecule has 1 unspecified atom stereocenters. The highest BCUT2D eigenvalue weighted by Gasteiger charge is 2.12. The summed E-state index contributed by atoms with van der Waals surface area (Å²) in [6.07, 6.45) is 2.02. The van der Waals surface area contributed by atoms with Crippen LogP contribution < -0.4 is 5.73 Å². The van der Waals surface area contributed by atoms with Gasteiger partial charge in [0, 0.05) is 15.4 Å². The summed E-state index contributed by atoms with van der Waals surface area (Å²) >= 11 is 11.2. The molecule has 1 aromatic heterocycles. The number of thiazole rings is 1. The Kier molecular flexibility index (Phi) is 4.78. The summed E-state index contributed by atoms with van der Waals surface area (Å²) in [6, 6.07) is 5.84. The second-order valence-corrected chi connectivity index (χ2v) is 6.30. The van der Waals surface area contributed by atoms with Crippen molar-refractivity contribution in [1.82, 2.24) is 4.98 Å². The van der Waals surface area contributed by atoms with Crippen LogP contribution in [-0.4, -0.2) is 4.98 Å². The van der Waals surface area contributed by atoms with Crippen molar-refractivity contribution in [2.45, 2.75) is 25.8 Å². The Hall–Kier alpha value is -0.420. The van der Waals surface area contributed by atoms with Crippen molar-refractivity contribution >= 4 is 38.9 Å². The predicted octanol–water partition coefficient (Wildman–Crippen LogP) is 5.03. The SMILES string of the molecule is CCCC(N)c1nc(-c2ccc(Br)cc2Cl)cs1. The zero-order chi connectivity index (χ0) is 13.1. The minimum atomic E-state index is 0.0305. The minimum Gasteiger partial charge on any atom is -0.322 e. The molecule has 5 heteroatoms. The number of rotatable bonds is 4. The van der Waals surface area contributed by atoms with Gasteiger partial charge in [-0.3, -0.25) is 0 Å². The zero-order valence-corrected chi connectivity index (χ0v) is 13.1. The standard InChI is InChI=1S/C13H14BrClN2S/c1-2-3-11(16)13-17-12(7-18-13)9-5-4-8(14)6-10(9)15/h4-7,11H,2-3,16H2,1H3. The number of nitrogens with two attached hydrogens (primary N) is 1. The molecule has 1 heterocycles. The number of hydrogen-bond acceptors (Lipinski definition) is 3. The minimum absolute atomic E-state index is 0.0305. The van der Waals surface area contributed by atoms with Crippen LogP contribution in [-0.2, 0) is 0 Å².